The highest BCUT2D eigenvalue weighted by Crippen LogP contribution is 2.26. The lowest BCUT2D eigenvalue weighted by Crippen LogP contribution is -2.16. The molecule has 5 heteroatoms. The Morgan fingerprint density at radius 2 is 1.83 bits per heavy atom. The molecule has 1 heterocycles. The van der Waals surface area contributed by atoms with Crippen molar-refractivity contribution in [3.05, 3.63) is 77.9 Å². The first-order chi connectivity index (χ1) is 11.2. The van der Waals surface area contributed by atoms with Gasteiger partial charge in [-0.2, -0.15) is 0 Å². The minimum Gasteiger partial charge on any atom is -0.426 e. The number of hydrogen-bond acceptors (Lipinski definition) is 3. The van der Waals surface area contributed by atoms with E-state index in [2.05, 4.69) is 4.98 Å². The second-order valence-electron chi connectivity index (χ2n) is 5.15. The van der Waals surface area contributed by atoms with Crippen LogP contribution < -0.4 is 10.5 Å². The molecule has 23 heavy (non-hydrogen) atoms. The highest BCUT2D eigenvalue weighted by atomic mass is 19.1. The second-order valence-corrected chi connectivity index (χ2v) is 5.15. The van der Waals surface area contributed by atoms with Crippen LogP contribution in [0.25, 0.3) is 0 Å². The predicted octanol–water partition coefficient (Wildman–Crippen LogP) is 3.88. The van der Waals surface area contributed by atoms with E-state index in [0.29, 0.717) is 18.3 Å². The van der Waals surface area contributed by atoms with Gasteiger partial charge in [-0.3, -0.25) is 4.57 Å². The number of halogens is 1. The standard InChI is InChI=1S/C18H18FN3O/c1-2-22-16(17(20)13-6-4-3-5-7-13)12-21-18(22)23-15-10-8-14(19)9-11-15/h3-12,17H,2,20H2,1H3. The molecule has 3 rings (SSSR count). The third-order valence-electron chi connectivity index (χ3n) is 3.67. The van der Waals surface area contributed by atoms with Gasteiger partial charge in [0.25, 0.3) is 0 Å². The first-order valence-corrected chi connectivity index (χ1v) is 7.48. The number of rotatable bonds is 5. The highest BCUT2D eigenvalue weighted by molar-refractivity contribution is 5.30. The van der Waals surface area contributed by atoms with E-state index in [1.54, 1.807) is 18.3 Å². The molecular weight excluding hydrogens is 293 g/mol. The van der Waals surface area contributed by atoms with Crippen LogP contribution in [0, 0.1) is 5.82 Å². The molecular formula is C18H18FN3O. The molecule has 0 aliphatic heterocycles. The van der Waals surface area contributed by atoms with Gasteiger partial charge in [0.2, 0.25) is 0 Å². The summed E-state index contributed by atoms with van der Waals surface area (Å²) in [6, 6.07) is 15.8. The zero-order valence-corrected chi connectivity index (χ0v) is 12.8. The summed E-state index contributed by atoms with van der Waals surface area (Å²) in [7, 11) is 0. The molecule has 2 N–H and O–H groups in total. The van der Waals surface area contributed by atoms with Gasteiger partial charge in [-0.1, -0.05) is 30.3 Å². The predicted molar refractivity (Wildman–Crippen MR) is 86.8 cm³/mol. The second kappa shape index (κ2) is 6.62. The summed E-state index contributed by atoms with van der Waals surface area (Å²) < 4.78 is 20.6. The van der Waals surface area contributed by atoms with Crippen LogP contribution >= 0.6 is 0 Å². The SMILES string of the molecule is CCn1c(C(N)c2ccccc2)cnc1Oc1ccc(F)cc1. The van der Waals surface area contributed by atoms with Crippen LogP contribution in [0.2, 0.25) is 0 Å². The fourth-order valence-corrected chi connectivity index (χ4v) is 2.46. The lowest BCUT2D eigenvalue weighted by Gasteiger charge is -2.15. The number of nitrogens with zero attached hydrogens (tertiary/aromatic N) is 2. The normalized spacial score (nSPS) is 12.1. The molecule has 0 saturated heterocycles. The average Bonchev–Trinajstić information content (AvgIpc) is 2.99. The zero-order valence-electron chi connectivity index (χ0n) is 12.8. The van der Waals surface area contributed by atoms with E-state index in [-0.39, 0.29) is 11.9 Å². The first kappa shape index (κ1) is 15.2. The number of nitrogens with two attached hydrogens (primary N) is 1. The molecule has 0 amide bonds. The minimum atomic E-state index is -0.303. The Labute approximate surface area is 134 Å². The van der Waals surface area contributed by atoms with Gasteiger partial charge in [-0.25, -0.2) is 9.37 Å². The van der Waals surface area contributed by atoms with Crippen LogP contribution in [0.5, 0.6) is 11.8 Å². The van der Waals surface area contributed by atoms with Gasteiger partial charge in [0, 0.05) is 6.54 Å². The Balaban J connectivity index is 1.89. The van der Waals surface area contributed by atoms with Gasteiger partial charge in [0.05, 0.1) is 17.9 Å². The molecule has 1 unspecified atom stereocenters. The molecule has 1 aromatic heterocycles. The Bertz CT molecular complexity index is 769. The molecule has 0 saturated carbocycles. The van der Waals surface area contributed by atoms with E-state index in [1.807, 2.05) is 41.8 Å². The van der Waals surface area contributed by atoms with E-state index >= 15 is 0 Å². The maximum absolute atomic E-state index is 13.0. The fraction of sp³-hybridized carbons (Fsp3) is 0.167. The Morgan fingerprint density at radius 3 is 2.48 bits per heavy atom. The Kier molecular flexibility index (Phi) is 4.39. The highest BCUT2D eigenvalue weighted by Gasteiger charge is 2.17. The largest absolute Gasteiger partial charge is 0.426 e. The maximum Gasteiger partial charge on any atom is 0.302 e. The molecule has 0 aliphatic rings. The van der Waals surface area contributed by atoms with Crippen LogP contribution in [-0.4, -0.2) is 9.55 Å². The van der Waals surface area contributed by atoms with Gasteiger partial charge in [-0.05, 0) is 36.8 Å². The molecule has 4 nitrogen and oxygen atoms in total. The van der Waals surface area contributed by atoms with Gasteiger partial charge in [-0.15, -0.1) is 0 Å². The lowest BCUT2D eigenvalue weighted by atomic mass is 10.1. The summed E-state index contributed by atoms with van der Waals surface area (Å²) in [6.07, 6.45) is 1.72. The smallest absolute Gasteiger partial charge is 0.302 e. The van der Waals surface area contributed by atoms with Gasteiger partial charge >= 0.3 is 6.01 Å². The number of hydrogen-bond donors (Lipinski definition) is 1. The van der Waals surface area contributed by atoms with E-state index in [1.165, 1.54) is 12.1 Å². The molecule has 2 aromatic carbocycles. The van der Waals surface area contributed by atoms with Crippen molar-refractivity contribution in [1.29, 1.82) is 0 Å². The summed E-state index contributed by atoms with van der Waals surface area (Å²) in [5, 5.41) is 0. The van der Waals surface area contributed by atoms with Crippen LogP contribution in [0.1, 0.15) is 24.2 Å². The number of benzene rings is 2. The molecule has 3 aromatic rings. The average molecular weight is 311 g/mol. The Morgan fingerprint density at radius 1 is 1.13 bits per heavy atom. The van der Waals surface area contributed by atoms with Crippen molar-refractivity contribution in [2.75, 3.05) is 0 Å². The zero-order chi connectivity index (χ0) is 16.2. The molecule has 118 valence electrons. The number of aromatic nitrogens is 2. The third kappa shape index (κ3) is 3.24. The molecule has 1 atom stereocenters. The molecule has 0 fully saturated rings. The minimum absolute atomic E-state index is 0.283. The van der Waals surface area contributed by atoms with E-state index in [4.69, 9.17) is 10.5 Å². The van der Waals surface area contributed by atoms with Crippen LogP contribution in [0.15, 0.2) is 60.8 Å². The van der Waals surface area contributed by atoms with Crippen molar-refractivity contribution in [3.63, 3.8) is 0 Å². The van der Waals surface area contributed by atoms with Crippen LogP contribution in [-0.2, 0) is 6.54 Å². The molecule has 0 radical (unpaired) electrons. The quantitative estimate of drug-likeness (QED) is 0.778. The molecule has 0 spiro atoms. The third-order valence-corrected chi connectivity index (χ3v) is 3.67. The van der Waals surface area contributed by atoms with Crippen LogP contribution in [0.4, 0.5) is 4.39 Å². The Hall–Kier alpha value is -2.66. The van der Waals surface area contributed by atoms with Crippen molar-refractivity contribution in [2.45, 2.75) is 19.5 Å². The van der Waals surface area contributed by atoms with Gasteiger partial charge < -0.3 is 10.5 Å². The van der Waals surface area contributed by atoms with Crippen molar-refractivity contribution in [3.8, 4) is 11.8 Å². The monoisotopic (exact) mass is 311 g/mol. The molecule has 0 bridgehead atoms. The van der Waals surface area contributed by atoms with Crippen molar-refractivity contribution in [2.24, 2.45) is 5.73 Å². The fourth-order valence-electron chi connectivity index (χ4n) is 2.46. The lowest BCUT2D eigenvalue weighted by molar-refractivity contribution is 0.409. The van der Waals surface area contributed by atoms with Crippen LogP contribution in [0.3, 0.4) is 0 Å². The van der Waals surface area contributed by atoms with Crippen molar-refractivity contribution < 1.29 is 9.13 Å². The van der Waals surface area contributed by atoms with Crippen molar-refractivity contribution in [1.82, 2.24) is 9.55 Å². The number of ether oxygens (including phenoxy) is 1. The summed E-state index contributed by atoms with van der Waals surface area (Å²) in [5.74, 6) is 0.231. The topological polar surface area (TPSA) is 53.1 Å². The first-order valence-electron chi connectivity index (χ1n) is 7.48. The summed E-state index contributed by atoms with van der Waals surface area (Å²) in [5.41, 5.74) is 8.23. The van der Waals surface area contributed by atoms with E-state index in [0.717, 1.165) is 11.3 Å². The molecule has 0 aliphatic carbocycles. The van der Waals surface area contributed by atoms with Gasteiger partial charge in [0.1, 0.15) is 11.6 Å². The van der Waals surface area contributed by atoms with E-state index in [9.17, 15) is 4.39 Å². The summed E-state index contributed by atoms with van der Waals surface area (Å²) in [6.45, 7) is 2.67. The van der Waals surface area contributed by atoms with E-state index < -0.39 is 0 Å². The summed E-state index contributed by atoms with van der Waals surface area (Å²) in [4.78, 5) is 4.32. The maximum atomic E-state index is 13.0. The summed E-state index contributed by atoms with van der Waals surface area (Å²) >= 11 is 0. The van der Waals surface area contributed by atoms with Crippen molar-refractivity contribution >= 4 is 0 Å². The van der Waals surface area contributed by atoms with Gasteiger partial charge in [0.15, 0.2) is 0 Å². The number of imidazole rings is 1.